The maximum Gasteiger partial charge on any atom is 0.274 e. The van der Waals surface area contributed by atoms with Gasteiger partial charge in [-0.1, -0.05) is 0 Å². The van der Waals surface area contributed by atoms with Gasteiger partial charge in [0.15, 0.2) is 11.5 Å². The van der Waals surface area contributed by atoms with Crippen LogP contribution < -0.4 is 20.1 Å². The monoisotopic (exact) mass is 348 g/mol. The van der Waals surface area contributed by atoms with Gasteiger partial charge < -0.3 is 20.1 Å². The van der Waals surface area contributed by atoms with Gasteiger partial charge in [0.25, 0.3) is 5.91 Å². The van der Waals surface area contributed by atoms with E-state index in [0.29, 0.717) is 29.4 Å². The van der Waals surface area contributed by atoms with E-state index in [0.717, 1.165) is 11.3 Å². The van der Waals surface area contributed by atoms with Crippen molar-refractivity contribution in [3.63, 3.8) is 0 Å². The van der Waals surface area contributed by atoms with Crippen LogP contribution in [-0.4, -0.2) is 22.7 Å². The van der Waals surface area contributed by atoms with E-state index in [2.05, 4.69) is 20.6 Å². The third-order valence-corrected chi connectivity index (χ3v) is 3.87. The molecule has 1 amide bonds. The third-order valence-electron chi connectivity index (χ3n) is 3.87. The van der Waals surface area contributed by atoms with Crippen molar-refractivity contribution in [3.05, 3.63) is 72.3 Å². The number of carbonyl (C=O) groups excluding carboxylic acids is 1. The molecule has 1 aliphatic rings. The fourth-order valence-corrected chi connectivity index (χ4v) is 2.54. The van der Waals surface area contributed by atoms with Crippen LogP contribution >= 0.6 is 0 Å². The molecule has 0 unspecified atom stereocenters. The predicted octanol–water partition coefficient (Wildman–Crippen LogP) is 3.07. The highest BCUT2D eigenvalue weighted by atomic mass is 16.7. The fourth-order valence-electron chi connectivity index (χ4n) is 2.54. The molecule has 0 bridgehead atoms. The van der Waals surface area contributed by atoms with Crippen LogP contribution in [0.25, 0.3) is 0 Å². The van der Waals surface area contributed by atoms with Gasteiger partial charge in [-0.05, 0) is 42.0 Å². The summed E-state index contributed by atoms with van der Waals surface area (Å²) in [5, 5.41) is 6.09. The number of aromatic nitrogens is 2. The lowest BCUT2D eigenvalue weighted by Gasteiger charge is -2.09. The summed E-state index contributed by atoms with van der Waals surface area (Å²) in [6.07, 6.45) is 5.09. The molecule has 0 aliphatic carbocycles. The lowest BCUT2D eigenvalue weighted by molar-refractivity contribution is 0.102. The molecule has 0 atom stereocenters. The summed E-state index contributed by atoms with van der Waals surface area (Å²) < 4.78 is 10.6. The van der Waals surface area contributed by atoms with Crippen molar-refractivity contribution in [2.24, 2.45) is 0 Å². The van der Waals surface area contributed by atoms with E-state index in [9.17, 15) is 4.79 Å². The Hall–Kier alpha value is -3.61. The number of nitrogens with zero attached hydrogens (tertiary/aromatic N) is 2. The molecule has 0 radical (unpaired) electrons. The van der Waals surface area contributed by atoms with Gasteiger partial charge in [-0.25, -0.2) is 0 Å². The molecule has 4 rings (SSSR count). The van der Waals surface area contributed by atoms with Crippen molar-refractivity contribution in [1.82, 2.24) is 9.97 Å². The molecule has 3 heterocycles. The van der Waals surface area contributed by atoms with E-state index in [1.165, 1.54) is 0 Å². The first-order valence-corrected chi connectivity index (χ1v) is 8.08. The Labute approximate surface area is 150 Å². The molecule has 7 heteroatoms. The maximum absolute atomic E-state index is 12.5. The Morgan fingerprint density at radius 1 is 0.962 bits per heavy atom. The Bertz CT molecular complexity index is 931. The minimum atomic E-state index is -0.295. The van der Waals surface area contributed by atoms with E-state index >= 15 is 0 Å². The summed E-state index contributed by atoms with van der Waals surface area (Å²) in [7, 11) is 0. The van der Waals surface area contributed by atoms with Crippen LogP contribution in [0.3, 0.4) is 0 Å². The van der Waals surface area contributed by atoms with Crippen molar-refractivity contribution in [3.8, 4) is 11.5 Å². The molecule has 2 aromatic heterocycles. The number of benzene rings is 1. The standard InChI is InChI=1S/C19H16N4O3/c24-19(23-15-1-2-17-18(10-15)26-12-25-17)16-9-14(5-8-21-16)22-11-13-3-6-20-7-4-13/h1-10H,11-12H2,(H,21,22)(H,23,24). The number of anilines is 2. The van der Waals surface area contributed by atoms with Crippen LogP contribution in [0.4, 0.5) is 11.4 Å². The highest BCUT2D eigenvalue weighted by molar-refractivity contribution is 6.03. The molecule has 130 valence electrons. The van der Waals surface area contributed by atoms with E-state index < -0.39 is 0 Å². The number of carbonyl (C=O) groups is 1. The molecule has 2 N–H and O–H groups in total. The Balaban J connectivity index is 1.43. The first kappa shape index (κ1) is 15.9. The van der Waals surface area contributed by atoms with Gasteiger partial charge in [-0.2, -0.15) is 0 Å². The van der Waals surface area contributed by atoms with Crippen LogP contribution in [0.5, 0.6) is 11.5 Å². The minimum absolute atomic E-state index is 0.194. The van der Waals surface area contributed by atoms with E-state index in [4.69, 9.17) is 9.47 Å². The predicted molar refractivity (Wildman–Crippen MR) is 96.3 cm³/mol. The zero-order chi connectivity index (χ0) is 17.8. The van der Waals surface area contributed by atoms with Crippen LogP contribution in [-0.2, 0) is 6.54 Å². The SMILES string of the molecule is O=C(Nc1ccc2c(c1)OCO2)c1cc(NCc2ccncc2)ccn1. The van der Waals surface area contributed by atoms with Crippen molar-refractivity contribution in [1.29, 1.82) is 0 Å². The van der Waals surface area contributed by atoms with Crippen molar-refractivity contribution in [2.75, 3.05) is 17.4 Å². The number of rotatable bonds is 5. The number of fused-ring (bicyclic) bond motifs is 1. The molecule has 0 saturated carbocycles. The fraction of sp³-hybridized carbons (Fsp3) is 0.105. The molecule has 26 heavy (non-hydrogen) atoms. The maximum atomic E-state index is 12.5. The van der Waals surface area contributed by atoms with Gasteiger partial charge in [0.2, 0.25) is 6.79 Å². The second kappa shape index (κ2) is 7.10. The lowest BCUT2D eigenvalue weighted by atomic mass is 10.2. The zero-order valence-corrected chi connectivity index (χ0v) is 13.8. The molecule has 3 aromatic rings. The molecule has 1 aliphatic heterocycles. The van der Waals surface area contributed by atoms with Crippen molar-refractivity contribution < 1.29 is 14.3 Å². The summed E-state index contributed by atoms with van der Waals surface area (Å²) in [4.78, 5) is 20.6. The number of amides is 1. The molecule has 0 spiro atoms. The third kappa shape index (κ3) is 3.56. The second-order valence-electron chi connectivity index (χ2n) is 5.66. The van der Waals surface area contributed by atoms with Gasteiger partial charge in [0.05, 0.1) is 0 Å². The Kier molecular flexibility index (Phi) is 4.34. The largest absolute Gasteiger partial charge is 0.454 e. The average molecular weight is 348 g/mol. The van der Waals surface area contributed by atoms with Gasteiger partial charge in [-0.3, -0.25) is 14.8 Å². The van der Waals surface area contributed by atoms with Crippen LogP contribution in [0.1, 0.15) is 16.1 Å². The molecule has 1 aromatic carbocycles. The van der Waals surface area contributed by atoms with Crippen LogP contribution in [0, 0.1) is 0 Å². The summed E-state index contributed by atoms with van der Waals surface area (Å²) in [6, 6.07) is 12.6. The Morgan fingerprint density at radius 3 is 2.69 bits per heavy atom. The smallest absolute Gasteiger partial charge is 0.274 e. The van der Waals surface area contributed by atoms with Gasteiger partial charge in [-0.15, -0.1) is 0 Å². The molecular weight excluding hydrogens is 332 g/mol. The second-order valence-corrected chi connectivity index (χ2v) is 5.66. The minimum Gasteiger partial charge on any atom is -0.454 e. The first-order valence-electron chi connectivity index (χ1n) is 8.08. The lowest BCUT2D eigenvalue weighted by Crippen LogP contribution is -2.14. The Morgan fingerprint density at radius 2 is 1.81 bits per heavy atom. The number of ether oxygens (including phenoxy) is 2. The quantitative estimate of drug-likeness (QED) is 0.737. The summed E-state index contributed by atoms with van der Waals surface area (Å²) in [6.45, 7) is 0.829. The number of hydrogen-bond donors (Lipinski definition) is 2. The normalized spacial score (nSPS) is 11.8. The van der Waals surface area contributed by atoms with Crippen LogP contribution in [0.15, 0.2) is 61.1 Å². The number of hydrogen-bond acceptors (Lipinski definition) is 6. The average Bonchev–Trinajstić information content (AvgIpc) is 3.15. The van der Waals surface area contributed by atoms with E-state index in [1.54, 1.807) is 42.9 Å². The van der Waals surface area contributed by atoms with Gasteiger partial charge in [0, 0.05) is 42.6 Å². The van der Waals surface area contributed by atoms with Crippen molar-refractivity contribution in [2.45, 2.75) is 6.54 Å². The van der Waals surface area contributed by atoms with Gasteiger partial charge >= 0.3 is 0 Å². The number of nitrogens with one attached hydrogen (secondary N) is 2. The van der Waals surface area contributed by atoms with Gasteiger partial charge in [0.1, 0.15) is 5.69 Å². The van der Waals surface area contributed by atoms with E-state index in [1.807, 2.05) is 18.2 Å². The first-order chi connectivity index (χ1) is 12.8. The highest BCUT2D eigenvalue weighted by Crippen LogP contribution is 2.34. The van der Waals surface area contributed by atoms with E-state index in [-0.39, 0.29) is 12.7 Å². The summed E-state index contributed by atoms with van der Waals surface area (Å²) in [5.74, 6) is 0.989. The zero-order valence-electron chi connectivity index (χ0n) is 13.8. The summed E-state index contributed by atoms with van der Waals surface area (Å²) >= 11 is 0. The number of pyridine rings is 2. The summed E-state index contributed by atoms with van der Waals surface area (Å²) in [5.41, 5.74) is 2.86. The topological polar surface area (TPSA) is 85.4 Å². The molecule has 0 fully saturated rings. The van der Waals surface area contributed by atoms with Crippen molar-refractivity contribution >= 4 is 17.3 Å². The highest BCUT2D eigenvalue weighted by Gasteiger charge is 2.15. The molecule has 0 saturated heterocycles. The molecule has 7 nitrogen and oxygen atoms in total. The molecular formula is C19H16N4O3. The van der Waals surface area contributed by atoms with Crippen LogP contribution in [0.2, 0.25) is 0 Å².